The van der Waals surface area contributed by atoms with E-state index in [9.17, 15) is 14.9 Å². The Hall–Kier alpha value is -2.41. The lowest BCUT2D eigenvalue weighted by atomic mass is 10.2. The van der Waals surface area contributed by atoms with Crippen LogP contribution in [0.5, 0.6) is 0 Å². The summed E-state index contributed by atoms with van der Waals surface area (Å²) in [4.78, 5) is 26.3. The van der Waals surface area contributed by atoms with Gasteiger partial charge >= 0.3 is 0 Å². The van der Waals surface area contributed by atoms with Crippen molar-refractivity contribution >= 4 is 28.6 Å². The Morgan fingerprint density at radius 3 is 2.92 bits per heavy atom. The molecule has 1 aliphatic rings. The van der Waals surface area contributed by atoms with Crippen molar-refractivity contribution in [1.29, 1.82) is 0 Å². The minimum Gasteiger partial charge on any atom is -0.379 e. The molecule has 126 valence electrons. The number of anilines is 1. The number of nitro groups is 1. The molecule has 3 rings (SSSR count). The molecule has 1 saturated heterocycles. The summed E-state index contributed by atoms with van der Waals surface area (Å²) >= 11 is 1.68. The summed E-state index contributed by atoms with van der Waals surface area (Å²) in [6.07, 6.45) is 2.35. The molecule has 24 heavy (non-hydrogen) atoms. The highest BCUT2D eigenvalue weighted by Crippen LogP contribution is 2.34. The molecule has 0 spiro atoms. The van der Waals surface area contributed by atoms with Crippen molar-refractivity contribution in [3.05, 3.63) is 56.8 Å². The Bertz CT molecular complexity index is 718. The molecule has 1 N–H and O–H groups in total. The maximum atomic E-state index is 12.5. The van der Waals surface area contributed by atoms with E-state index in [-0.39, 0.29) is 17.6 Å². The van der Waals surface area contributed by atoms with E-state index in [0.717, 1.165) is 19.4 Å². The first-order chi connectivity index (χ1) is 11.7. The number of likely N-dealkylation sites (tertiary alicyclic amines) is 1. The maximum Gasteiger partial charge on any atom is 0.292 e. The summed E-state index contributed by atoms with van der Waals surface area (Å²) in [6, 6.07) is 10.8. The Labute approximate surface area is 144 Å². The van der Waals surface area contributed by atoms with Crippen molar-refractivity contribution in [3.63, 3.8) is 0 Å². The minimum absolute atomic E-state index is 0.0302. The van der Waals surface area contributed by atoms with Gasteiger partial charge in [-0.05, 0) is 30.4 Å². The summed E-state index contributed by atoms with van der Waals surface area (Å²) < 4.78 is 0. The average molecular weight is 345 g/mol. The first-order valence-corrected chi connectivity index (χ1v) is 8.85. The van der Waals surface area contributed by atoms with E-state index in [1.54, 1.807) is 29.5 Å². The van der Waals surface area contributed by atoms with Crippen molar-refractivity contribution < 1.29 is 9.72 Å². The van der Waals surface area contributed by atoms with Crippen molar-refractivity contribution in [1.82, 2.24) is 4.90 Å². The first kappa shape index (κ1) is 16.4. The van der Waals surface area contributed by atoms with Crippen LogP contribution in [-0.2, 0) is 4.79 Å². The van der Waals surface area contributed by atoms with Crippen LogP contribution >= 0.6 is 11.3 Å². The van der Waals surface area contributed by atoms with Gasteiger partial charge in [0.05, 0.1) is 11.0 Å². The normalized spacial score (nSPS) is 17.0. The second-order valence-corrected chi connectivity index (χ2v) is 6.69. The number of carbonyl (C=O) groups is 1. The fourth-order valence-corrected chi connectivity index (χ4v) is 3.95. The van der Waals surface area contributed by atoms with Gasteiger partial charge in [-0.3, -0.25) is 14.9 Å². The van der Waals surface area contributed by atoms with E-state index in [4.69, 9.17) is 0 Å². The average Bonchev–Trinajstić information content (AvgIpc) is 3.26. The van der Waals surface area contributed by atoms with E-state index in [2.05, 4.69) is 11.4 Å². The van der Waals surface area contributed by atoms with Crippen molar-refractivity contribution in [2.45, 2.75) is 25.3 Å². The van der Waals surface area contributed by atoms with Gasteiger partial charge in [0.15, 0.2) is 0 Å². The lowest BCUT2D eigenvalue weighted by molar-refractivity contribution is -0.384. The van der Waals surface area contributed by atoms with Crippen LogP contribution in [0.3, 0.4) is 0 Å². The van der Waals surface area contributed by atoms with Crippen LogP contribution in [-0.4, -0.2) is 28.8 Å². The van der Waals surface area contributed by atoms with E-state index in [0.29, 0.717) is 18.7 Å². The Kier molecular flexibility index (Phi) is 5.10. The summed E-state index contributed by atoms with van der Waals surface area (Å²) in [7, 11) is 0. The third kappa shape index (κ3) is 3.56. The molecule has 0 radical (unpaired) electrons. The number of hydrogen-bond acceptors (Lipinski definition) is 5. The third-order valence-electron chi connectivity index (χ3n) is 4.20. The summed E-state index contributed by atoms with van der Waals surface area (Å²) in [6.45, 7) is 1.17. The molecular weight excluding hydrogens is 326 g/mol. The van der Waals surface area contributed by atoms with Gasteiger partial charge in [-0.1, -0.05) is 18.2 Å². The van der Waals surface area contributed by atoms with Crippen LogP contribution in [0.25, 0.3) is 0 Å². The maximum absolute atomic E-state index is 12.5. The second kappa shape index (κ2) is 7.44. The summed E-state index contributed by atoms with van der Waals surface area (Å²) in [5.41, 5.74) is 0.481. The van der Waals surface area contributed by atoms with Gasteiger partial charge in [0.25, 0.3) is 5.69 Å². The Morgan fingerprint density at radius 2 is 2.17 bits per heavy atom. The highest BCUT2D eigenvalue weighted by Gasteiger charge is 2.30. The smallest absolute Gasteiger partial charge is 0.292 e. The van der Waals surface area contributed by atoms with Gasteiger partial charge in [-0.15, -0.1) is 11.3 Å². The van der Waals surface area contributed by atoms with E-state index < -0.39 is 4.92 Å². The van der Waals surface area contributed by atoms with Gasteiger partial charge < -0.3 is 10.2 Å². The number of nitrogens with zero attached hydrogens (tertiary/aromatic N) is 2. The second-order valence-electron chi connectivity index (χ2n) is 5.71. The van der Waals surface area contributed by atoms with Gasteiger partial charge in [-0.2, -0.15) is 0 Å². The topological polar surface area (TPSA) is 75.5 Å². The number of nitro benzene ring substituents is 1. The van der Waals surface area contributed by atoms with Crippen molar-refractivity contribution in [2.24, 2.45) is 0 Å². The third-order valence-corrected chi connectivity index (χ3v) is 5.17. The van der Waals surface area contributed by atoms with Gasteiger partial charge in [0, 0.05) is 30.5 Å². The fraction of sp³-hybridized carbons (Fsp3) is 0.353. The summed E-state index contributed by atoms with van der Waals surface area (Å²) in [5.74, 6) is 0.0944. The molecule has 1 aromatic carbocycles. The van der Waals surface area contributed by atoms with Gasteiger partial charge in [0.2, 0.25) is 5.91 Å². The number of carbonyl (C=O) groups excluding carboxylic acids is 1. The van der Waals surface area contributed by atoms with Gasteiger partial charge in [0.1, 0.15) is 5.69 Å². The van der Waals surface area contributed by atoms with Crippen LogP contribution in [0.1, 0.15) is 30.2 Å². The molecule has 7 heteroatoms. The monoisotopic (exact) mass is 345 g/mol. The zero-order valence-corrected chi connectivity index (χ0v) is 14.0. The highest BCUT2D eigenvalue weighted by atomic mass is 32.1. The molecule has 0 saturated carbocycles. The Morgan fingerprint density at radius 1 is 1.33 bits per heavy atom. The number of thiophene rings is 1. The van der Waals surface area contributed by atoms with Crippen LogP contribution in [0.2, 0.25) is 0 Å². The fourth-order valence-electron chi connectivity index (χ4n) is 3.07. The van der Waals surface area contributed by atoms with E-state index in [1.165, 1.54) is 10.9 Å². The molecule has 6 nitrogen and oxygen atoms in total. The number of amides is 1. The lowest BCUT2D eigenvalue weighted by Gasteiger charge is -2.24. The number of nitrogens with one attached hydrogen (secondary N) is 1. The molecule has 1 aliphatic heterocycles. The molecule has 1 fully saturated rings. The number of rotatable bonds is 6. The first-order valence-electron chi connectivity index (χ1n) is 7.97. The van der Waals surface area contributed by atoms with Crippen molar-refractivity contribution in [3.8, 4) is 0 Å². The number of benzene rings is 1. The number of para-hydroxylation sites is 2. The van der Waals surface area contributed by atoms with Crippen molar-refractivity contribution in [2.75, 3.05) is 18.4 Å². The molecule has 1 atom stereocenters. The Balaban J connectivity index is 1.57. The van der Waals surface area contributed by atoms with Crippen LogP contribution in [0.4, 0.5) is 11.4 Å². The van der Waals surface area contributed by atoms with Crippen LogP contribution in [0, 0.1) is 10.1 Å². The molecule has 2 aromatic rings. The SMILES string of the molecule is O=C(CCNc1ccccc1[N+](=O)[O-])N1CCCC1c1cccs1. The van der Waals surface area contributed by atoms with E-state index >= 15 is 0 Å². The molecule has 1 unspecified atom stereocenters. The lowest BCUT2D eigenvalue weighted by Crippen LogP contribution is -2.31. The minimum atomic E-state index is -0.419. The van der Waals surface area contributed by atoms with E-state index in [1.807, 2.05) is 16.3 Å². The predicted molar refractivity (Wildman–Crippen MR) is 94.2 cm³/mol. The van der Waals surface area contributed by atoms with Crippen LogP contribution in [0.15, 0.2) is 41.8 Å². The molecule has 0 aliphatic carbocycles. The quantitative estimate of drug-likeness (QED) is 0.638. The summed E-state index contributed by atoms with van der Waals surface area (Å²) in [5, 5.41) is 16.0. The van der Waals surface area contributed by atoms with Gasteiger partial charge in [-0.25, -0.2) is 0 Å². The standard InChI is InChI=1S/C17H19N3O3S/c21-17(19-11-3-7-15(19)16-8-4-12-24-16)9-10-18-13-5-1-2-6-14(13)20(22)23/h1-2,4-6,8,12,15,18H,3,7,9-11H2. The molecule has 2 heterocycles. The zero-order chi connectivity index (χ0) is 16.9. The van der Waals surface area contributed by atoms with Crippen LogP contribution < -0.4 is 5.32 Å². The molecular formula is C17H19N3O3S. The largest absolute Gasteiger partial charge is 0.379 e. The number of hydrogen-bond donors (Lipinski definition) is 1. The highest BCUT2D eigenvalue weighted by molar-refractivity contribution is 7.10. The predicted octanol–water partition coefficient (Wildman–Crippen LogP) is 3.82. The molecule has 0 bridgehead atoms. The molecule has 1 aromatic heterocycles. The zero-order valence-electron chi connectivity index (χ0n) is 13.2. The molecule has 1 amide bonds.